The molecule has 4 N–H and O–H groups in total. The van der Waals surface area contributed by atoms with Gasteiger partial charge in [-0.2, -0.15) is 5.10 Å². The van der Waals surface area contributed by atoms with Crippen molar-refractivity contribution in [2.75, 3.05) is 0 Å². The van der Waals surface area contributed by atoms with E-state index in [9.17, 15) is 20.1 Å². The van der Waals surface area contributed by atoms with Gasteiger partial charge in [-0.25, -0.2) is 9.78 Å². The Balaban J connectivity index is 2.28. The van der Waals surface area contributed by atoms with Crippen molar-refractivity contribution >= 4 is 17.3 Å². The molecule has 0 aliphatic carbocycles. The highest BCUT2D eigenvalue weighted by atomic mass is 32.1. The van der Waals surface area contributed by atoms with Gasteiger partial charge in [0, 0.05) is 22.7 Å². The van der Waals surface area contributed by atoms with Crippen LogP contribution in [0.2, 0.25) is 0 Å². The van der Waals surface area contributed by atoms with Gasteiger partial charge in [0.05, 0.1) is 5.56 Å². The van der Waals surface area contributed by atoms with Crippen molar-refractivity contribution in [2.45, 2.75) is 20.3 Å². The Kier molecular flexibility index (Phi) is 3.98. The van der Waals surface area contributed by atoms with Crippen LogP contribution in [0.5, 0.6) is 11.5 Å². The molecule has 2 heterocycles. The molecule has 0 radical (unpaired) electrons. The maximum Gasteiger partial charge on any atom is 0.354 e. The molecule has 7 nitrogen and oxygen atoms in total. The smallest absolute Gasteiger partial charge is 0.354 e. The van der Waals surface area contributed by atoms with Gasteiger partial charge in [0.15, 0.2) is 5.69 Å². The standard InChI is InChI=1S/C16H15N3O4S/c1-3-8-4-9(11(21)5-10(8)20)13-12(14(16(22)23)19-18-13)15-17-7(2)6-24-15/h4-6,20-21H,3H2,1-2H3,(H,18,19)(H,22,23). The van der Waals surface area contributed by atoms with Crippen LogP contribution in [0.1, 0.15) is 28.7 Å². The number of carbonyl (C=O) groups is 1. The van der Waals surface area contributed by atoms with Gasteiger partial charge in [0.25, 0.3) is 0 Å². The maximum atomic E-state index is 11.5. The van der Waals surface area contributed by atoms with E-state index >= 15 is 0 Å². The fourth-order valence-electron chi connectivity index (χ4n) is 2.46. The van der Waals surface area contributed by atoms with E-state index in [4.69, 9.17) is 0 Å². The van der Waals surface area contributed by atoms with Gasteiger partial charge in [-0.3, -0.25) is 5.10 Å². The summed E-state index contributed by atoms with van der Waals surface area (Å²) in [7, 11) is 0. The summed E-state index contributed by atoms with van der Waals surface area (Å²) in [6.45, 7) is 3.68. The first-order valence-electron chi connectivity index (χ1n) is 7.21. The third-order valence-electron chi connectivity index (χ3n) is 3.65. The second-order valence-electron chi connectivity index (χ2n) is 5.27. The van der Waals surface area contributed by atoms with Crippen molar-refractivity contribution in [3.05, 3.63) is 34.5 Å². The summed E-state index contributed by atoms with van der Waals surface area (Å²) >= 11 is 1.30. The largest absolute Gasteiger partial charge is 0.508 e. The number of hydrogen-bond acceptors (Lipinski definition) is 6. The Bertz CT molecular complexity index is 930. The molecule has 0 saturated heterocycles. The highest BCUT2D eigenvalue weighted by Crippen LogP contribution is 2.41. The van der Waals surface area contributed by atoms with Crippen molar-refractivity contribution in [2.24, 2.45) is 0 Å². The van der Waals surface area contributed by atoms with Crippen molar-refractivity contribution in [1.29, 1.82) is 0 Å². The lowest BCUT2D eigenvalue weighted by molar-refractivity contribution is 0.0691. The molecule has 1 aromatic carbocycles. The summed E-state index contributed by atoms with van der Waals surface area (Å²) in [5.74, 6) is -1.35. The van der Waals surface area contributed by atoms with Crippen LogP contribution in [0, 0.1) is 6.92 Å². The summed E-state index contributed by atoms with van der Waals surface area (Å²) < 4.78 is 0. The van der Waals surface area contributed by atoms with E-state index in [1.165, 1.54) is 17.4 Å². The molecule has 24 heavy (non-hydrogen) atoms. The number of rotatable bonds is 4. The Morgan fingerprint density at radius 3 is 2.62 bits per heavy atom. The molecule has 0 saturated carbocycles. The van der Waals surface area contributed by atoms with Crippen molar-refractivity contribution in [3.8, 4) is 33.3 Å². The lowest BCUT2D eigenvalue weighted by Gasteiger charge is -2.08. The molecule has 8 heteroatoms. The van der Waals surface area contributed by atoms with Crippen LogP contribution in [0.3, 0.4) is 0 Å². The topological polar surface area (TPSA) is 119 Å². The number of phenolic OH excluding ortho intramolecular Hbond substituents is 2. The van der Waals surface area contributed by atoms with E-state index in [0.29, 0.717) is 28.1 Å². The quantitative estimate of drug-likeness (QED) is 0.576. The number of nitrogens with one attached hydrogen (secondary N) is 1. The van der Waals surface area contributed by atoms with E-state index in [-0.39, 0.29) is 22.9 Å². The summed E-state index contributed by atoms with van der Waals surface area (Å²) in [5, 5.41) is 38.4. The fraction of sp³-hybridized carbons (Fsp3) is 0.188. The molecule has 0 aliphatic rings. The molecule has 2 aromatic heterocycles. The highest BCUT2D eigenvalue weighted by Gasteiger charge is 2.25. The predicted octanol–water partition coefficient (Wildman–Crippen LogP) is 3.18. The number of aromatic hydroxyl groups is 2. The average molecular weight is 345 g/mol. The maximum absolute atomic E-state index is 11.5. The number of nitrogens with zero attached hydrogens (tertiary/aromatic N) is 2. The number of aromatic amines is 1. The highest BCUT2D eigenvalue weighted by molar-refractivity contribution is 7.13. The van der Waals surface area contributed by atoms with E-state index < -0.39 is 5.97 Å². The molecule has 3 aromatic rings. The third-order valence-corrected chi connectivity index (χ3v) is 4.62. The first-order valence-corrected chi connectivity index (χ1v) is 8.09. The molecule has 0 fully saturated rings. The van der Waals surface area contributed by atoms with Gasteiger partial charge in [-0.15, -0.1) is 11.3 Å². The third kappa shape index (κ3) is 2.61. The Morgan fingerprint density at radius 2 is 2.04 bits per heavy atom. The minimum Gasteiger partial charge on any atom is -0.508 e. The van der Waals surface area contributed by atoms with Gasteiger partial charge < -0.3 is 15.3 Å². The first kappa shape index (κ1) is 16.0. The molecular formula is C16H15N3O4S. The number of aromatic carboxylic acids is 1. The number of thiazole rings is 1. The number of aromatic nitrogens is 3. The number of H-pyrrole nitrogens is 1. The van der Waals surface area contributed by atoms with Crippen LogP contribution in [0.4, 0.5) is 0 Å². The van der Waals surface area contributed by atoms with Gasteiger partial charge in [-0.1, -0.05) is 6.92 Å². The number of carboxylic acid groups (broad SMARTS) is 1. The molecular weight excluding hydrogens is 330 g/mol. The zero-order chi connectivity index (χ0) is 17.4. The first-order chi connectivity index (χ1) is 11.4. The van der Waals surface area contributed by atoms with Crippen LogP contribution in [-0.2, 0) is 6.42 Å². The van der Waals surface area contributed by atoms with E-state index in [1.807, 2.05) is 19.2 Å². The summed E-state index contributed by atoms with van der Waals surface area (Å²) in [6.07, 6.45) is 0.557. The average Bonchev–Trinajstić information content (AvgIpc) is 3.13. The van der Waals surface area contributed by atoms with E-state index in [2.05, 4.69) is 15.2 Å². The number of aryl methyl sites for hydroxylation is 2. The molecule has 0 spiro atoms. The molecule has 124 valence electrons. The fourth-order valence-corrected chi connectivity index (χ4v) is 3.31. The van der Waals surface area contributed by atoms with E-state index in [0.717, 1.165) is 5.69 Å². The van der Waals surface area contributed by atoms with Crippen LogP contribution in [0.15, 0.2) is 17.5 Å². The van der Waals surface area contributed by atoms with Crippen LogP contribution < -0.4 is 0 Å². The lowest BCUT2D eigenvalue weighted by atomic mass is 10.0. The minimum absolute atomic E-state index is 0.0145. The number of carboxylic acids is 1. The second-order valence-corrected chi connectivity index (χ2v) is 6.13. The zero-order valence-corrected chi connectivity index (χ0v) is 13.8. The number of hydrogen-bond donors (Lipinski definition) is 4. The van der Waals surface area contributed by atoms with Gasteiger partial charge >= 0.3 is 5.97 Å². The van der Waals surface area contributed by atoms with E-state index in [1.54, 1.807) is 6.07 Å². The Morgan fingerprint density at radius 1 is 1.29 bits per heavy atom. The van der Waals surface area contributed by atoms with Gasteiger partial charge in [-0.05, 0) is 25.0 Å². The molecule has 0 amide bonds. The van der Waals surface area contributed by atoms with Crippen molar-refractivity contribution < 1.29 is 20.1 Å². The minimum atomic E-state index is -1.16. The Labute approximate surface area is 141 Å². The molecule has 3 rings (SSSR count). The lowest BCUT2D eigenvalue weighted by Crippen LogP contribution is -1.99. The summed E-state index contributed by atoms with van der Waals surface area (Å²) in [4.78, 5) is 15.8. The number of phenols is 2. The van der Waals surface area contributed by atoms with Crippen LogP contribution >= 0.6 is 11.3 Å². The Hall–Kier alpha value is -2.87. The summed E-state index contributed by atoms with van der Waals surface area (Å²) in [6, 6.07) is 2.84. The molecule has 0 bridgehead atoms. The predicted molar refractivity (Wildman–Crippen MR) is 89.5 cm³/mol. The summed E-state index contributed by atoms with van der Waals surface area (Å²) in [5.41, 5.74) is 2.25. The monoisotopic (exact) mass is 345 g/mol. The number of benzene rings is 1. The SMILES string of the molecule is CCc1cc(-c2n[nH]c(C(=O)O)c2-c2nc(C)cs2)c(O)cc1O. The van der Waals surface area contributed by atoms with Crippen molar-refractivity contribution in [3.63, 3.8) is 0 Å². The van der Waals surface area contributed by atoms with Crippen LogP contribution in [0.25, 0.3) is 21.8 Å². The second kappa shape index (κ2) is 5.97. The van der Waals surface area contributed by atoms with Crippen molar-refractivity contribution in [1.82, 2.24) is 15.2 Å². The van der Waals surface area contributed by atoms with Crippen LogP contribution in [-0.4, -0.2) is 36.5 Å². The van der Waals surface area contributed by atoms with Gasteiger partial charge in [0.2, 0.25) is 0 Å². The zero-order valence-electron chi connectivity index (χ0n) is 13.0. The molecule has 0 atom stereocenters. The molecule has 0 unspecified atom stereocenters. The normalized spacial score (nSPS) is 10.9. The van der Waals surface area contributed by atoms with Gasteiger partial charge in [0.1, 0.15) is 22.2 Å². The molecule has 0 aliphatic heterocycles.